The summed E-state index contributed by atoms with van der Waals surface area (Å²) in [7, 11) is 0. The second kappa shape index (κ2) is 4.26. The minimum atomic E-state index is 0.453. The van der Waals surface area contributed by atoms with Gasteiger partial charge < -0.3 is 11.1 Å². The Balaban J connectivity index is 2.00. The molecule has 0 spiro atoms. The van der Waals surface area contributed by atoms with Crippen molar-refractivity contribution in [3.8, 4) is 0 Å². The van der Waals surface area contributed by atoms with Crippen LogP contribution in [0, 0.1) is 0 Å². The van der Waals surface area contributed by atoms with Crippen molar-refractivity contribution in [2.45, 2.75) is 44.6 Å². The Labute approximate surface area is 107 Å². The Morgan fingerprint density at radius 2 is 2.12 bits per heavy atom. The fraction of sp³-hybridized carbons (Fsp3) is 0.538. The molecule has 4 heteroatoms. The van der Waals surface area contributed by atoms with Crippen LogP contribution in [0.5, 0.6) is 0 Å². The van der Waals surface area contributed by atoms with Crippen molar-refractivity contribution in [3.63, 3.8) is 0 Å². The van der Waals surface area contributed by atoms with E-state index < -0.39 is 0 Å². The summed E-state index contributed by atoms with van der Waals surface area (Å²) >= 11 is 5.13. The quantitative estimate of drug-likeness (QED) is 0.804. The van der Waals surface area contributed by atoms with E-state index in [2.05, 4.69) is 11.4 Å². The Morgan fingerprint density at radius 3 is 2.82 bits per heavy atom. The van der Waals surface area contributed by atoms with Gasteiger partial charge in [0.25, 0.3) is 0 Å². The van der Waals surface area contributed by atoms with Gasteiger partial charge in [0.05, 0.1) is 5.56 Å². The lowest BCUT2D eigenvalue weighted by Gasteiger charge is -2.19. The number of nitrogens with one attached hydrogen (secondary N) is 1. The minimum Gasteiger partial charge on any atom is -0.389 e. The summed E-state index contributed by atoms with van der Waals surface area (Å²) in [6.45, 7) is 0. The van der Waals surface area contributed by atoms with Crippen molar-refractivity contribution in [1.29, 1.82) is 0 Å². The van der Waals surface area contributed by atoms with Gasteiger partial charge in [-0.05, 0) is 50.2 Å². The Morgan fingerprint density at radius 1 is 1.35 bits per heavy atom. The number of nitrogens with two attached hydrogens (primary N) is 1. The molecule has 0 unspecified atom stereocenters. The average molecular weight is 247 g/mol. The van der Waals surface area contributed by atoms with E-state index in [0.717, 1.165) is 24.2 Å². The number of hydrogen-bond donors (Lipinski definition) is 2. The molecule has 0 radical (unpaired) electrons. The van der Waals surface area contributed by atoms with Crippen molar-refractivity contribution in [3.05, 3.63) is 22.9 Å². The number of fused-ring (bicyclic) bond motifs is 1. The molecule has 1 aromatic heterocycles. The van der Waals surface area contributed by atoms with Gasteiger partial charge in [0.2, 0.25) is 0 Å². The summed E-state index contributed by atoms with van der Waals surface area (Å²) in [6, 6.07) is 2.73. The van der Waals surface area contributed by atoms with Gasteiger partial charge in [0, 0.05) is 11.7 Å². The normalized spacial score (nSPS) is 18.6. The highest BCUT2D eigenvalue weighted by molar-refractivity contribution is 7.80. The number of thiocarbonyl (C=S) groups is 1. The first-order chi connectivity index (χ1) is 8.24. The molecule has 0 saturated heterocycles. The minimum absolute atomic E-state index is 0.453. The first kappa shape index (κ1) is 11.0. The van der Waals surface area contributed by atoms with Gasteiger partial charge in [-0.3, -0.25) is 0 Å². The van der Waals surface area contributed by atoms with E-state index in [1.807, 2.05) is 0 Å². The molecule has 3 N–H and O–H groups in total. The Hall–Kier alpha value is -1.16. The van der Waals surface area contributed by atoms with Gasteiger partial charge in [0.1, 0.15) is 10.8 Å². The second-order valence-electron chi connectivity index (χ2n) is 4.98. The summed E-state index contributed by atoms with van der Waals surface area (Å²) in [5.74, 6) is 0.903. The highest BCUT2D eigenvalue weighted by atomic mass is 32.1. The second-order valence-corrected chi connectivity index (χ2v) is 5.42. The lowest BCUT2D eigenvalue weighted by molar-refractivity contribution is 0.668. The van der Waals surface area contributed by atoms with Gasteiger partial charge >= 0.3 is 0 Å². The number of aromatic nitrogens is 1. The van der Waals surface area contributed by atoms with Crippen LogP contribution >= 0.6 is 12.2 Å². The van der Waals surface area contributed by atoms with Crippen LogP contribution in [-0.4, -0.2) is 16.0 Å². The van der Waals surface area contributed by atoms with Crippen LogP contribution in [0.2, 0.25) is 0 Å². The third kappa shape index (κ3) is 2.27. The molecule has 1 saturated carbocycles. The van der Waals surface area contributed by atoms with Crippen molar-refractivity contribution < 1.29 is 0 Å². The zero-order valence-corrected chi connectivity index (χ0v) is 10.6. The summed E-state index contributed by atoms with van der Waals surface area (Å²) in [6.07, 6.45) is 7.16. The summed E-state index contributed by atoms with van der Waals surface area (Å²) in [5, 5.41) is 3.44. The summed E-state index contributed by atoms with van der Waals surface area (Å²) in [4.78, 5) is 5.19. The fourth-order valence-corrected chi connectivity index (χ4v) is 2.51. The van der Waals surface area contributed by atoms with Crippen LogP contribution in [0.3, 0.4) is 0 Å². The molecule has 2 aliphatic rings. The molecule has 90 valence electrons. The molecule has 2 aliphatic carbocycles. The maximum absolute atomic E-state index is 5.80. The molecule has 0 amide bonds. The predicted octanol–water partition coefficient (Wildman–Crippen LogP) is 2.17. The van der Waals surface area contributed by atoms with Crippen LogP contribution in [-0.2, 0) is 12.8 Å². The van der Waals surface area contributed by atoms with Gasteiger partial charge in [-0.1, -0.05) is 12.2 Å². The van der Waals surface area contributed by atoms with Crippen LogP contribution in [0.1, 0.15) is 42.5 Å². The van der Waals surface area contributed by atoms with E-state index in [4.69, 9.17) is 22.9 Å². The van der Waals surface area contributed by atoms with Crippen LogP contribution in [0.4, 0.5) is 5.82 Å². The first-order valence-corrected chi connectivity index (χ1v) is 6.74. The summed E-state index contributed by atoms with van der Waals surface area (Å²) < 4.78 is 0. The molecule has 3 rings (SSSR count). The molecule has 1 fully saturated rings. The molecule has 1 heterocycles. The third-order valence-electron chi connectivity index (χ3n) is 3.48. The standard InChI is InChI=1S/C13H17N3S/c14-12(17)10-7-8-3-1-2-4-11(8)16-13(10)15-9-5-6-9/h7,9H,1-6H2,(H2,14,17)(H,15,16). The average Bonchev–Trinajstić information content (AvgIpc) is 3.12. The Kier molecular flexibility index (Phi) is 2.74. The number of anilines is 1. The predicted molar refractivity (Wildman–Crippen MR) is 73.4 cm³/mol. The zero-order valence-electron chi connectivity index (χ0n) is 9.83. The molecule has 0 atom stereocenters. The largest absolute Gasteiger partial charge is 0.389 e. The fourth-order valence-electron chi connectivity index (χ4n) is 2.35. The van der Waals surface area contributed by atoms with E-state index in [1.165, 1.54) is 36.9 Å². The van der Waals surface area contributed by atoms with Gasteiger partial charge in [-0.2, -0.15) is 0 Å². The maximum atomic E-state index is 5.80. The molecular formula is C13H17N3S. The molecule has 17 heavy (non-hydrogen) atoms. The number of aryl methyl sites for hydroxylation is 2. The summed E-state index contributed by atoms with van der Waals surface area (Å²) in [5.41, 5.74) is 9.29. The highest BCUT2D eigenvalue weighted by Gasteiger charge is 2.24. The van der Waals surface area contributed by atoms with Gasteiger partial charge in [0.15, 0.2) is 0 Å². The molecule has 0 aromatic carbocycles. The van der Waals surface area contributed by atoms with Crippen LogP contribution in [0.25, 0.3) is 0 Å². The Bertz CT molecular complexity index is 466. The van der Waals surface area contributed by atoms with Gasteiger partial charge in [-0.25, -0.2) is 4.98 Å². The molecule has 0 bridgehead atoms. The smallest absolute Gasteiger partial charge is 0.136 e. The zero-order chi connectivity index (χ0) is 11.8. The lowest BCUT2D eigenvalue weighted by atomic mass is 9.94. The van der Waals surface area contributed by atoms with Crippen LogP contribution in [0.15, 0.2) is 6.07 Å². The number of rotatable bonds is 3. The first-order valence-electron chi connectivity index (χ1n) is 6.33. The molecule has 0 aliphatic heterocycles. The van der Waals surface area contributed by atoms with E-state index in [-0.39, 0.29) is 0 Å². The van der Waals surface area contributed by atoms with Crippen molar-refractivity contribution >= 4 is 23.0 Å². The monoisotopic (exact) mass is 247 g/mol. The third-order valence-corrected chi connectivity index (χ3v) is 3.70. The highest BCUT2D eigenvalue weighted by Crippen LogP contribution is 2.29. The van der Waals surface area contributed by atoms with Gasteiger partial charge in [-0.15, -0.1) is 0 Å². The lowest BCUT2D eigenvalue weighted by Crippen LogP contribution is -2.18. The topological polar surface area (TPSA) is 50.9 Å². The van der Waals surface area contributed by atoms with E-state index in [0.29, 0.717) is 11.0 Å². The van der Waals surface area contributed by atoms with E-state index in [1.54, 1.807) is 0 Å². The number of pyridine rings is 1. The van der Waals surface area contributed by atoms with Crippen molar-refractivity contribution in [2.75, 3.05) is 5.32 Å². The SMILES string of the molecule is NC(=S)c1cc2c(nc1NC1CC1)CCCC2. The van der Waals surface area contributed by atoms with Crippen LogP contribution < -0.4 is 11.1 Å². The maximum Gasteiger partial charge on any atom is 0.136 e. The molecular weight excluding hydrogens is 230 g/mol. The van der Waals surface area contributed by atoms with Crippen molar-refractivity contribution in [2.24, 2.45) is 5.73 Å². The van der Waals surface area contributed by atoms with E-state index >= 15 is 0 Å². The van der Waals surface area contributed by atoms with Crippen molar-refractivity contribution in [1.82, 2.24) is 4.98 Å². The number of nitrogens with zero attached hydrogens (tertiary/aromatic N) is 1. The van der Waals surface area contributed by atoms with E-state index in [9.17, 15) is 0 Å². The number of hydrogen-bond acceptors (Lipinski definition) is 3. The molecule has 3 nitrogen and oxygen atoms in total. The molecule has 1 aromatic rings.